The molecule has 6 nitrogen and oxygen atoms in total. The van der Waals surface area contributed by atoms with Crippen molar-refractivity contribution in [3.05, 3.63) is 0 Å². The average molecular weight is 291 g/mol. The summed E-state index contributed by atoms with van der Waals surface area (Å²) in [6.07, 6.45) is 0.956. The van der Waals surface area contributed by atoms with Crippen LogP contribution in [0.3, 0.4) is 0 Å². The van der Waals surface area contributed by atoms with E-state index in [1.54, 1.807) is 14.0 Å². The van der Waals surface area contributed by atoms with Gasteiger partial charge in [-0.25, -0.2) is 8.42 Å². The second-order valence-electron chi connectivity index (χ2n) is 4.84. The summed E-state index contributed by atoms with van der Waals surface area (Å²) in [6.45, 7) is 2.36. The lowest BCUT2D eigenvalue weighted by atomic mass is 10.0. The van der Waals surface area contributed by atoms with Crippen molar-refractivity contribution in [1.82, 2.24) is 4.90 Å². The molecule has 1 rings (SSSR count). The van der Waals surface area contributed by atoms with Crippen LogP contribution in [-0.4, -0.2) is 56.9 Å². The quantitative estimate of drug-likeness (QED) is 0.654. The Balaban J connectivity index is 2.31. The smallest absolute Gasteiger partial charge is 0.307 e. The fourth-order valence-electron chi connectivity index (χ4n) is 2.05. The number of hydrogen-bond acceptors (Lipinski definition) is 5. The first-order valence-corrected chi connectivity index (χ1v) is 8.26. The van der Waals surface area contributed by atoms with Gasteiger partial charge in [-0.3, -0.25) is 9.59 Å². The number of rotatable bonds is 6. The number of nitrogens with zero attached hydrogens (tertiary/aromatic N) is 1. The second-order valence-corrected chi connectivity index (χ2v) is 7.07. The van der Waals surface area contributed by atoms with Crippen LogP contribution < -0.4 is 0 Å². The van der Waals surface area contributed by atoms with E-state index in [4.69, 9.17) is 4.74 Å². The molecule has 0 bridgehead atoms. The lowest BCUT2D eigenvalue weighted by Gasteiger charge is -2.18. The Hall–Kier alpha value is -1.11. The first-order valence-electron chi connectivity index (χ1n) is 6.44. The van der Waals surface area contributed by atoms with E-state index in [2.05, 4.69) is 0 Å². The van der Waals surface area contributed by atoms with Gasteiger partial charge in [0.25, 0.3) is 0 Å². The highest BCUT2D eigenvalue weighted by atomic mass is 32.2. The van der Waals surface area contributed by atoms with E-state index in [9.17, 15) is 18.0 Å². The molecule has 1 aliphatic heterocycles. The lowest BCUT2D eigenvalue weighted by Crippen LogP contribution is -2.31. The first-order chi connectivity index (χ1) is 8.84. The molecule has 19 heavy (non-hydrogen) atoms. The molecule has 1 aliphatic rings. The zero-order valence-corrected chi connectivity index (χ0v) is 12.2. The molecule has 1 atom stereocenters. The summed E-state index contributed by atoms with van der Waals surface area (Å²) >= 11 is 0. The van der Waals surface area contributed by atoms with Crippen molar-refractivity contribution in [2.24, 2.45) is 5.92 Å². The van der Waals surface area contributed by atoms with Crippen LogP contribution in [0.25, 0.3) is 0 Å². The Kier molecular flexibility index (Phi) is 5.78. The number of esters is 1. The van der Waals surface area contributed by atoms with Crippen molar-refractivity contribution in [2.45, 2.75) is 26.2 Å². The number of carbonyl (C=O) groups is 2. The van der Waals surface area contributed by atoms with Crippen molar-refractivity contribution in [1.29, 1.82) is 0 Å². The van der Waals surface area contributed by atoms with Crippen LogP contribution in [-0.2, 0) is 24.2 Å². The molecule has 0 aromatic rings. The Morgan fingerprint density at radius 3 is 2.58 bits per heavy atom. The third kappa shape index (κ3) is 5.59. The van der Waals surface area contributed by atoms with Gasteiger partial charge in [0, 0.05) is 20.0 Å². The molecule has 0 spiro atoms. The van der Waals surface area contributed by atoms with Gasteiger partial charge in [0.15, 0.2) is 9.84 Å². The summed E-state index contributed by atoms with van der Waals surface area (Å²) in [6, 6.07) is 0. The molecule has 1 saturated heterocycles. The third-order valence-corrected chi connectivity index (χ3v) is 5.01. The standard InChI is InChI=1S/C12H21NO5S/c1-3-18-12(15)4-6-13(2)11(14)8-10-5-7-19(16,17)9-10/h10H,3-9H2,1-2H3. The van der Waals surface area contributed by atoms with Crippen LogP contribution in [0.15, 0.2) is 0 Å². The van der Waals surface area contributed by atoms with Crippen LogP contribution in [0, 0.1) is 5.92 Å². The first kappa shape index (κ1) is 15.9. The van der Waals surface area contributed by atoms with Gasteiger partial charge in [0.05, 0.1) is 24.5 Å². The number of carbonyl (C=O) groups excluding carboxylic acids is 2. The molecule has 1 fully saturated rings. The summed E-state index contributed by atoms with van der Waals surface area (Å²) in [4.78, 5) is 24.5. The molecule has 1 amide bonds. The Labute approximate surface area is 114 Å². The maximum absolute atomic E-state index is 11.9. The summed E-state index contributed by atoms with van der Waals surface area (Å²) in [5, 5.41) is 0. The van der Waals surface area contributed by atoms with E-state index in [1.165, 1.54) is 4.90 Å². The molecule has 0 N–H and O–H groups in total. The van der Waals surface area contributed by atoms with Gasteiger partial charge in [-0.05, 0) is 19.3 Å². The SMILES string of the molecule is CCOC(=O)CCN(C)C(=O)CC1CCS(=O)(=O)C1. The van der Waals surface area contributed by atoms with Crippen molar-refractivity contribution in [3.8, 4) is 0 Å². The number of sulfone groups is 1. The highest BCUT2D eigenvalue weighted by Gasteiger charge is 2.30. The summed E-state index contributed by atoms with van der Waals surface area (Å²) in [7, 11) is -1.33. The van der Waals surface area contributed by atoms with E-state index in [1.807, 2.05) is 0 Å². The Morgan fingerprint density at radius 2 is 2.05 bits per heavy atom. The molecular weight excluding hydrogens is 270 g/mol. The molecule has 1 unspecified atom stereocenters. The van der Waals surface area contributed by atoms with Crippen molar-refractivity contribution in [3.63, 3.8) is 0 Å². The lowest BCUT2D eigenvalue weighted by molar-refractivity contribution is -0.143. The van der Waals surface area contributed by atoms with Gasteiger partial charge >= 0.3 is 5.97 Å². The zero-order chi connectivity index (χ0) is 14.5. The van der Waals surface area contributed by atoms with Crippen LogP contribution >= 0.6 is 0 Å². The van der Waals surface area contributed by atoms with E-state index < -0.39 is 9.84 Å². The fraction of sp³-hybridized carbons (Fsp3) is 0.833. The van der Waals surface area contributed by atoms with E-state index >= 15 is 0 Å². The van der Waals surface area contributed by atoms with Crippen LogP contribution in [0.1, 0.15) is 26.2 Å². The summed E-state index contributed by atoms with van der Waals surface area (Å²) < 4.78 is 27.4. The molecule has 0 saturated carbocycles. The molecule has 0 aliphatic carbocycles. The van der Waals surface area contributed by atoms with Gasteiger partial charge in [-0.2, -0.15) is 0 Å². The second kappa shape index (κ2) is 6.88. The van der Waals surface area contributed by atoms with Crippen LogP contribution in [0.5, 0.6) is 0 Å². The van der Waals surface area contributed by atoms with Gasteiger partial charge < -0.3 is 9.64 Å². The predicted octanol–water partition coefficient (Wildman–Crippen LogP) is 0.223. The zero-order valence-electron chi connectivity index (χ0n) is 11.4. The summed E-state index contributed by atoms with van der Waals surface area (Å²) in [5.41, 5.74) is 0. The normalized spacial score (nSPS) is 21.1. The topological polar surface area (TPSA) is 80.8 Å². The average Bonchev–Trinajstić information content (AvgIpc) is 2.66. The minimum Gasteiger partial charge on any atom is -0.466 e. The highest BCUT2D eigenvalue weighted by molar-refractivity contribution is 7.91. The van der Waals surface area contributed by atoms with Crippen LogP contribution in [0.4, 0.5) is 0 Å². The molecule has 0 aromatic heterocycles. The van der Waals surface area contributed by atoms with Crippen molar-refractivity contribution in [2.75, 3.05) is 31.7 Å². The third-order valence-electron chi connectivity index (χ3n) is 3.17. The maximum atomic E-state index is 11.9. The molecule has 1 heterocycles. The van der Waals surface area contributed by atoms with Gasteiger partial charge in [-0.15, -0.1) is 0 Å². The van der Waals surface area contributed by atoms with E-state index in [-0.39, 0.29) is 42.1 Å². The largest absolute Gasteiger partial charge is 0.466 e. The number of amides is 1. The fourth-order valence-corrected chi connectivity index (χ4v) is 3.91. The number of ether oxygens (including phenoxy) is 1. The van der Waals surface area contributed by atoms with E-state index in [0.717, 1.165) is 0 Å². The van der Waals surface area contributed by atoms with E-state index in [0.29, 0.717) is 19.6 Å². The van der Waals surface area contributed by atoms with Gasteiger partial charge in [0.1, 0.15) is 0 Å². The minimum atomic E-state index is -2.94. The number of hydrogen-bond donors (Lipinski definition) is 0. The van der Waals surface area contributed by atoms with Crippen molar-refractivity contribution < 1.29 is 22.7 Å². The van der Waals surface area contributed by atoms with Crippen molar-refractivity contribution >= 4 is 21.7 Å². The van der Waals surface area contributed by atoms with Gasteiger partial charge in [0.2, 0.25) is 5.91 Å². The molecule has 110 valence electrons. The monoisotopic (exact) mass is 291 g/mol. The Morgan fingerprint density at radius 1 is 1.37 bits per heavy atom. The summed E-state index contributed by atoms with van der Waals surface area (Å²) in [5.74, 6) is -0.249. The van der Waals surface area contributed by atoms with Crippen LogP contribution in [0.2, 0.25) is 0 Å². The molecule has 0 aromatic carbocycles. The van der Waals surface area contributed by atoms with Gasteiger partial charge in [-0.1, -0.05) is 0 Å². The highest BCUT2D eigenvalue weighted by Crippen LogP contribution is 2.22. The molecule has 0 radical (unpaired) electrons. The maximum Gasteiger partial charge on any atom is 0.307 e. The molecule has 7 heteroatoms. The molecular formula is C12H21NO5S. The predicted molar refractivity (Wildman–Crippen MR) is 70.3 cm³/mol. The minimum absolute atomic E-state index is 0.0810. The Bertz CT molecular complexity index is 431.